The van der Waals surface area contributed by atoms with Crippen molar-refractivity contribution in [2.45, 2.75) is 37.6 Å². The van der Waals surface area contributed by atoms with Crippen molar-refractivity contribution in [3.8, 4) is 5.75 Å². The van der Waals surface area contributed by atoms with E-state index in [1.54, 1.807) is 48.5 Å². The second-order valence-electron chi connectivity index (χ2n) is 11.7. The SMILES string of the molecule is CN(C)c1ccc(CNNC(=O)[C@@]2(Cc3ccccc3CN=[N+]=[N-])N=C(c3ccc(OCCCO)cc3)O[C@H]2c2ccccc2N=[N+]=[N-])cc1. The Hall–Kier alpha value is -6.04. The highest BCUT2D eigenvalue weighted by molar-refractivity contribution is 6.01. The van der Waals surface area contributed by atoms with E-state index in [1.165, 1.54) is 0 Å². The van der Waals surface area contributed by atoms with E-state index >= 15 is 0 Å². The van der Waals surface area contributed by atoms with Crippen molar-refractivity contribution in [3.05, 3.63) is 146 Å². The number of carbonyl (C=O) groups is 1. The first-order valence-corrected chi connectivity index (χ1v) is 16.0. The molecule has 1 heterocycles. The Morgan fingerprint density at radius 2 is 1.70 bits per heavy atom. The summed E-state index contributed by atoms with van der Waals surface area (Å²) < 4.78 is 12.3. The van der Waals surface area contributed by atoms with Crippen molar-refractivity contribution in [1.82, 2.24) is 10.9 Å². The molecule has 3 N–H and O–H groups in total. The van der Waals surface area contributed by atoms with Crippen LogP contribution in [0, 0.1) is 0 Å². The number of azide groups is 2. The largest absolute Gasteiger partial charge is 0.494 e. The minimum atomic E-state index is -1.62. The minimum absolute atomic E-state index is 0.0230. The lowest BCUT2D eigenvalue weighted by Crippen LogP contribution is -2.53. The van der Waals surface area contributed by atoms with E-state index in [1.807, 2.05) is 67.5 Å². The number of benzene rings is 4. The summed E-state index contributed by atoms with van der Waals surface area (Å²) in [6.07, 6.45) is -0.484. The summed E-state index contributed by atoms with van der Waals surface area (Å²) in [5.41, 5.74) is 27.6. The highest BCUT2D eigenvalue weighted by atomic mass is 16.5. The Morgan fingerprint density at radius 1 is 0.980 bits per heavy atom. The van der Waals surface area contributed by atoms with Crippen molar-refractivity contribution in [2.75, 3.05) is 32.2 Å². The Morgan fingerprint density at radius 3 is 2.40 bits per heavy atom. The first-order chi connectivity index (χ1) is 24.4. The third kappa shape index (κ3) is 8.32. The highest BCUT2D eigenvalue weighted by Gasteiger charge is 2.54. The lowest BCUT2D eigenvalue weighted by atomic mass is 9.80. The number of amides is 1. The normalized spacial score (nSPS) is 16.3. The van der Waals surface area contributed by atoms with Gasteiger partial charge in [0.2, 0.25) is 5.90 Å². The van der Waals surface area contributed by atoms with Gasteiger partial charge in [-0.2, -0.15) is 0 Å². The fraction of sp³-hybridized carbons (Fsp3) is 0.278. The molecule has 0 aromatic heterocycles. The van der Waals surface area contributed by atoms with Crippen LogP contribution in [0.5, 0.6) is 5.75 Å². The van der Waals surface area contributed by atoms with Gasteiger partial charge in [-0.1, -0.05) is 70.9 Å². The molecule has 5 rings (SSSR count). The molecule has 4 aromatic carbocycles. The summed E-state index contributed by atoms with van der Waals surface area (Å²) in [6, 6.07) is 29.3. The molecule has 0 bridgehead atoms. The number of aliphatic hydroxyl groups is 1. The summed E-state index contributed by atoms with van der Waals surface area (Å²) in [6.45, 7) is 0.783. The molecule has 50 heavy (non-hydrogen) atoms. The van der Waals surface area contributed by atoms with Gasteiger partial charge in [0.15, 0.2) is 11.6 Å². The number of aliphatic hydroxyl groups excluding tert-OH is 1. The van der Waals surface area contributed by atoms with Crippen LogP contribution in [0.25, 0.3) is 20.9 Å². The summed E-state index contributed by atoms with van der Waals surface area (Å²) in [7, 11) is 3.93. The van der Waals surface area contributed by atoms with Gasteiger partial charge in [-0.15, -0.1) is 0 Å². The molecular weight excluding hydrogens is 636 g/mol. The number of rotatable bonds is 16. The van der Waals surface area contributed by atoms with Crippen molar-refractivity contribution < 1.29 is 19.4 Å². The van der Waals surface area contributed by atoms with Crippen LogP contribution in [0.3, 0.4) is 0 Å². The van der Waals surface area contributed by atoms with Crippen LogP contribution in [-0.4, -0.2) is 49.8 Å². The quantitative estimate of drug-likeness (QED) is 0.0395. The van der Waals surface area contributed by atoms with Gasteiger partial charge in [0.25, 0.3) is 5.91 Å². The molecule has 0 saturated carbocycles. The minimum Gasteiger partial charge on any atom is -0.494 e. The molecule has 0 saturated heterocycles. The Kier molecular flexibility index (Phi) is 11.9. The Bertz CT molecular complexity index is 1900. The zero-order chi connectivity index (χ0) is 35.3. The average Bonchev–Trinajstić information content (AvgIpc) is 3.52. The van der Waals surface area contributed by atoms with Gasteiger partial charge in [0.05, 0.1) is 13.2 Å². The fourth-order valence-corrected chi connectivity index (χ4v) is 5.64. The molecule has 0 radical (unpaired) electrons. The third-order valence-electron chi connectivity index (χ3n) is 8.23. The topological polar surface area (TPSA) is 193 Å². The molecule has 14 heteroatoms. The molecule has 0 aliphatic carbocycles. The maximum Gasteiger partial charge on any atom is 0.266 e. The number of nitrogens with zero attached hydrogens (tertiary/aromatic N) is 8. The molecule has 0 spiro atoms. The molecular formula is C36H38N10O4. The van der Waals surface area contributed by atoms with Crippen molar-refractivity contribution in [3.63, 3.8) is 0 Å². The van der Waals surface area contributed by atoms with E-state index in [0.717, 1.165) is 22.4 Å². The molecule has 1 amide bonds. The Labute approximate surface area is 289 Å². The van der Waals surface area contributed by atoms with E-state index in [9.17, 15) is 10.3 Å². The van der Waals surface area contributed by atoms with E-state index in [-0.39, 0.29) is 31.2 Å². The van der Waals surface area contributed by atoms with Gasteiger partial charge in [0.1, 0.15) is 5.75 Å². The summed E-state index contributed by atoms with van der Waals surface area (Å²) in [5, 5.41) is 16.8. The summed E-state index contributed by atoms with van der Waals surface area (Å²) >= 11 is 0. The maximum atomic E-state index is 14.7. The average molecular weight is 675 g/mol. The van der Waals surface area contributed by atoms with E-state index in [2.05, 4.69) is 30.9 Å². The van der Waals surface area contributed by atoms with Crippen LogP contribution >= 0.6 is 0 Å². The molecule has 0 fully saturated rings. The van der Waals surface area contributed by atoms with Gasteiger partial charge >= 0.3 is 0 Å². The number of anilines is 1. The van der Waals surface area contributed by atoms with Crippen LogP contribution in [-0.2, 0) is 29.0 Å². The van der Waals surface area contributed by atoms with Gasteiger partial charge in [-0.05, 0) is 64.2 Å². The monoisotopic (exact) mass is 674 g/mol. The summed E-state index contributed by atoms with van der Waals surface area (Å²) in [5.74, 6) is 0.320. The number of hydrazine groups is 1. The van der Waals surface area contributed by atoms with E-state index < -0.39 is 17.6 Å². The molecule has 14 nitrogen and oxygen atoms in total. The number of aliphatic imine (C=N–C) groups is 1. The molecule has 2 atom stereocenters. The van der Waals surface area contributed by atoms with E-state index in [0.29, 0.717) is 36.4 Å². The van der Waals surface area contributed by atoms with Gasteiger partial charge in [-0.3, -0.25) is 10.2 Å². The smallest absolute Gasteiger partial charge is 0.266 e. The first-order valence-electron chi connectivity index (χ1n) is 16.0. The van der Waals surface area contributed by atoms with Gasteiger partial charge < -0.3 is 19.5 Å². The Balaban J connectivity index is 1.58. The molecule has 256 valence electrons. The van der Waals surface area contributed by atoms with Crippen molar-refractivity contribution >= 4 is 23.2 Å². The molecule has 0 unspecified atom stereocenters. The highest BCUT2D eigenvalue weighted by Crippen LogP contribution is 2.45. The zero-order valence-electron chi connectivity index (χ0n) is 27.8. The van der Waals surface area contributed by atoms with Crippen molar-refractivity contribution in [2.24, 2.45) is 15.2 Å². The van der Waals surface area contributed by atoms with Crippen molar-refractivity contribution in [1.29, 1.82) is 0 Å². The van der Waals surface area contributed by atoms with Crippen LogP contribution in [0.1, 0.15) is 40.3 Å². The number of ether oxygens (including phenoxy) is 2. The number of hydrogen-bond donors (Lipinski definition) is 3. The van der Waals surface area contributed by atoms with Crippen LogP contribution < -0.4 is 20.5 Å². The van der Waals surface area contributed by atoms with Gasteiger partial charge in [0, 0.05) is 72.4 Å². The van der Waals surface area contributed by atoms with Crippen LogP contribution in [0.15, 0.2) is 112 Å². The second-order valence-corrected chi connectivity index (χ2v) is 11.7. The molecule has 1 aliphatic heterocycles. The maximum absolute atomic E-state index is 14.7. The number of hydrogen-bond acceptors (Lipinski definition) is 9. The molecule has 1 aliphatic rings. The predicted octanol–water partition coefficient (Wildman–Crippen LogP) is 6.59. The second kappa shape index (κ2) is 16.9. The zero-order valence-corrected chi connectivity index (χ0v) is 27.8. The standard InChI is InChI=1S/C36H38N10O4/c1-46(2)29-16-12-25(13-17-29)23-39-43-35(48)36(22-27-8-3-4-9-28(27)24-40-44-37)33(31-10-5-6-11-32(31)42-45-38)50-34(41-36)26-14-18-30(19-15-26)49-21-7-20-47/h3-6,8-19,33,39,47H,7,20-24H2,1-2H3,(H,43,48)/t33-,36-/m0/s1. The number of carbonyl (C=O) groups excluding carboxylic acids is 1. The van der Waals surface area contributed by atoms with E-state index in [4.69, 9.17) is 25.1 Å². The van der Waals surface area contributed by atoms with Gasteiger partial charge in [-0.25, -0.2) is 10.4 Å². The van der Waals surface area contributed by atoms with Crippen LogP contribution in [0.4, 0.5) is 11.4 Å². The number of nitrogens with one attached hydrogen (secondary N) is 2. The predicted molar refractivity (Wildman–Crippen MR) is 191 cm³/mol. The fourth-order valence-electron chi connectivity index (χ4n) is 5.64. The summed E-state index contributed by atoms with van der Waals surface area (Å²) in [4.78, 5) is 27.7. The lowest BCUT2D eigenvalue weighted by Gasteiger charge is -2.32. The molecule has 4 aromatic rings. The first kappa shape index (κ1) is 35.3. The lowest BCUT2D eigenvalue weighted by molar-refractivity contribution is -0.130. The van der Waals surface area contributed by atoms with Crippen LogP contribution in [0.2, 0.25) is 0 Å². The third-order valence-corrected chi connectivity index (χ3v) is 8.23.